The summed E-state index contributed by atoms with van der Waals surface area (Å²) >= 11 is 1.52. The Kier molecular flexibility index (Phi) is 6.79. The zero-order valence-corrected chi connectivity index (χ0v) is 20.9. The molecule has 0 saturated carbocycles. The third kappa shape index (κ3) is 5.02. The van der Waals surface area contributed by atoms with E-state index < -0.39 is 0 Å². The van der Waals surface area contributed by atoms with Crippen LogP contribution in [0.15, 0.2) is 47.8 Å². The van der Waals surface area contributed by atoms with Crippen molar-refractivity contribution in [1.29, 1.82) is 0 Å². The molecular formula is C26H29N5O2S. The number of aromatic nitrogens is 3. The van der Waals surface area contributed by atoms with Crippen molar-refractivity contribution in [2.45, 2.75) is 47.2 Å². The molecule has 7 nitrogen and oxygen atoms in total. The Morgan fingerprint density at radius 3 is 2.44 bits per heavy atom. The minimum absolute atomic E-state index is 0.113. The number of carbonyl (C=O) groups is 2. The average molecular weight is 476 g/mol. The van der Waals surface area contributed by atoms with Crippen molar-refractivity contribution in [3.63, 3.8) is 0 Å². The Labute approximate surface area is 203 Å². The lowest BCUT2D eigenvalue weighted by molar-refractivity contribution is -0.118. The number of imidazole rings is 1. The van der Waals surface area contributed by atoms with Crippen LogP contribution < -0.4 is 10.6 Å². The first-order valence-corrected chi connectivity index (χ1v) is 12.2. The third-order valence-corrected chi connectivity index (χ3v) is 6.75. The van der Waals surface area contributed by atoms with Gasteiger partial charge in [0.05, 0.1) is 22.6 Å². The van der Waals surface area contributed by atoms with E-state index in [1.54, 1.807) is 6.07 Å². The molecule has 0 spiro atoms. The lowest BCUT2D eigenvalue weighted by Crippen LogP contribution is -2.27. The van der Waals surface area contributed by atoms with Crippen LogP contribution in [0.2, 0.25) is 0 Å². The Bertz CT molecular complexity index is 1340. The summed E-state index contributed by atoms with van der Waals surface area (Å²) in [7, 11) is 0. The standard InChI is InChI=1S/C26H29N5O2S/c1-15(2)24(32)30-20-11-21(25(33)28-17(4)26-27-16(3)14-34-26)23-22(12-20)29-18(5)31(23)13-19-9-7-6-8-10-19/h6-12,14-15,17H,13H2,1-5H3,(H,28,33)(H,30,32). The van der Waals surface area contributed by atoms with Crippen LogP contribution in [0.4, 0.5) is 5.69 Å². The second-order valence-corrected chi connectivity index (χ2v) is 9.68. The van der Waals surface area contributed by atoms with Gasteiger partial charge in [-0.05, 0) is 38.5 Å². The molecule has 4 rings (SSSR count). The zero-order valence-electron chi connectivity index (χ0n) is 20.0. The first-order valence-electron chi connectivity index (χ1n) is 11.3. The molecule has 0 saturated heterocycles. The van der Waals surface area contributed by atoms with Crippen molar-refractivity contribution in [3.05, 3.63) is 75.5 Å². The Hall–Kier alpha value is -3.52. The second-order valence-electron chi connectivity index (χ2n) is 8.79. The van der Waals surface area contributed by atoms with Crippen molar-refractivity contribution >= 4 is 39.9 Å². The lowest BCUT2D eigenvalue weighted by Gasteiger charge is -2.16. The molecule has 2 aromatic carbocycles. The van der Waals surface area contributed by atoms with Crippen LogP contribution in [0.25, 0.3) is 11.0 Å². The van der Waals surface area contributed by atoms with Crippen LogP contribution in [0.3, 0.4) is 0 Å². The molecule has 0 fully saturated rings. The van der Waals surface area contributed by atoms with Crippen LogP contribution in [0, 0.1) is 19.8 Å². The van der Waals surface area contributed by atoms with Crippen LogP contribution in [0.5, 0.6) is 0 Å². The van der Waals surface area contributed by atoms with Crippen molar-refractivity contribution in [1.82, 2.24) is 19.9 Å². The number of rotatable bonds is 7. The van der Waals surface area contributed by atoms with Crippen molar-refractivity contribution in [3.8, 4) is 0 Å². The Morgan fingerprint density at radius 2 is 1.79 bits per heavy atom. The molecule has 2 amide bonds. The van der Waals surface area contributed by atoms with E-state index in [0.717, 1.165) is 27.6 Å². The van der Waals surface area contributed by atoms with E-state index in [-0.39, 0.29) is 23.8 Å². The number of nitrogens with zero attached hydrogens (tertiary/aromatic N) is 3. The SMILES string of the molecule is Cc1csc(C(C)NC(=O)c2cc(NC(=O)C(C)C)cc3nc(C)n(Cc4ccccc4)c23)n1. The molecular weight excluding hydrogens is 446 g/mol. The van der Waals surface area contributed by atoms with E-state index in [4.69, 9.17) is 4.98 Å². The number of carbonyl (C=O) groups excluding carboxylic acids is 2. The van der Waals surface area contributed by atoms with Crippen LogP contribution in [0.1, 0.15) is 59.3 Å². The van der Waals surface area contributed by atoms with Gasteiger partial charge in [-0.15, -0.1) is 11.3 Å². The van der Waals surface area contributed by atoms with Gasteiger partial charge < -0.3 is 15.2 Å². The maximum atomic E-state index is 13.5. The van der Waals surface area contributed by atoms with E-state index in [2.05, 4.69) is 27.8 Å². The molecule has 8 heteroatoms. The van der Waals surface area contributed by atoms with Crippen LogP contribution in [-0.4, -0.2) is 26.3 Å². The zero-order chi connectivity index (χ0) is 24.4. The van der Waals surface area contributed by atoms with Gasteiger partial charge in [-0.3, -0.25) is 9.59 Å². The number of hydrogen-bond donors (Lipinski definition) is 2. The average Bonchev–Trinajstić information content (AvgIpc) is 3.37. The molecule has 1 unspecified atom stereocenters. The number of hydrogen-bond acceptors (Lipinski definition) is 5. The Morgan fingerprint density at radius 1 is 1.06 bits per heavy atom. The van der Waals surface area contributed by atoms with Crippen molar-refractivity contribution in [2.24, 2.45) is 5.92 Å². The summed E-state index contributed by atoms with van der Waals surface area (Å²) in [5.41, 5.74) is 4.46. The summed E-state index contributed by atoms with van der Waals surface area (Å²) in [5.74, 6) is 0.264. The fraction of sp³-hybridized carbons (Fsp3) is 0.308. The molecule has 34 heavy (non-hydrogen) atoms. The molecule has 0 aliphatic rings. The molecule has 0 aliphatic carbocycles. The van der Waals surface area contributed by atoms with Gasteiger partial charge >= 0.3 is 0 Å². The van der Waals surface area contributed by atoms with E-state index >= 15 is 0 Å². The summed E-state index contributed by atoms with van der Waals surface area (Å²) in [4.78, 5) is 35.1. The van der Waals surface area contributed by atoms with Crippen LogP contribution in [-0.2, 0) is 11.3 Å². The van der Waals surface area contributed by atoms with Gasteiger partial charge in [-0.1, -0.05) is 44.2 Å². The predicted molar refractivity (Wildman–Crippen MR) is 136 cm³/mol. The molecule has 2 N–H and O–H groups in total. The summed E-state index contributed by atoms with van der Waals surface area (Å²) in [6.45, 7) is 10.0. The largest absolute Gasteiger partial charge is 0.343 e. The quantitative estimate of drug-likeness (QED) is 0.382. The van der Waals surface area contributed by atoms with Gasteiger partial charge in [-0.25, -0.2) is 9.97 Å². The molecule has 0 aliphatic heterocycles. The number of nitrogens with one attached hydrogen (secondary N) is 2. The predicted octanol–water partition coefficient (Wildman–Crippen LogP) is 5.24. The van der Waals surface area contributed by atoms with E-state index in [1.165, 1.54) is 11.3 Å². The highest BCUT2D eigenvalue weighted by molar-refractivity contribution is 7.09. The second kappa shape index (κ2) is 9.77. The van der Waals surface area contributed by atoms with Gasteiger partial charge in [0, 0.05) is 29.2 Å². The van der Waals surface area contributed by atoms with E-state index in [1.807, 2.05) is 68.8 Å². The number of fused-ring (bicyclic) bond motifs is 1. The minimum Gasteiger partial charge on any atom is -0.343 e. The normalized spacial score (nSPS) is 12.2. The van der Waals surface area contributed by atoms with Gasteiger partial charge in [0.2, 0.25) is 5.91 Å². The van der Waals surface area contributed by atoms with Crippen molar-refractivity contribution < 1.29 is 9.59 Å². The van der Waals surface area contributed by atoms with Gasteiger partial charge in [0.25, 0.3) is 5.91 Å². The number of amides is 2. The summed E-state index contributed by atoms with van der Waals surface area (Å²) in [6.07, 6.45) is 0. The first-order chi connectivity index (χ1) is 16.2. The number of benzene rings is 2. The molecule has 1 atom stereocenters. The maximum Gasteiger partial charge on any atom is 0.254 e. The van der Waals surface area contributed by atoms with Gasteiger partial charge in [0.1, 0.15) is 10.8 Å². The molecule has 176 valence electrons. The van der Waals surface area contributed by atoms with Gasteiger partial charge in [-0.2, -0.15) is 0 Å². The molecule has 2 aromatic heterocycles. The number of anilines is 1. The summed E-state index contributed by atoms with van der Waals surface area (Å²) in [6, 6.07) is 13.4. The number of aryl methyl sites for hydroxylation is 2. The van der Waals surface area contributed by atoms with E-state index in [9.17, 15) is 9.59 Å². The fourth-order valence-electron chi connectivity index (χ4n) is 3.78. The first kappa shape index (κ1) is 23.6. The third-order valence-electron chi connectivity index (χ3n) is 5.61. The Balaban J connectivity index is 1.78. The summed E-state index contributed by atoms with van der Waals surface area (Å²) < 4.78 is 2.05. The highest BCUT2D eigenvalue weighted by Gasteiger charge is 2.22. The summed E-state index contributed by atoms with van der Waals surface area (Å²) in [5, 5.41) is 8.81. The fourth-order valence-corrected chi connectivity index (χ4v) is 4.59. The topological polar surface area (TPSA) is 88.9 Å². The molecule has 4 aromatic rings. The van der Waals surface area contributed by atoms with E-state index in [0.29, 0.717) is 23.3 Å². The molecule has 0 bridgehead atoms. The smallest absolute Gasteiger partial charge is 0.254 e. The van der Waals surface area contributed by atoms with Crippen molar-refractivity contribution in [2.75, 3.05) is 5.32 Å². The minimum atomic E-state index is -0.248. The van der Waals surface area contributed by atoms with Crippen LogP contribution >= 0.6 is 11.3 Å². The monoisotopic (exact) mass is 475 g/mol. The highest BCUT2D eigenvalue weighted by Crippen LogP contribution is 2.28. The molecule has 2 heterocycles. The maximum absolute atomic E-state index is 13.5. The van der Waals surface area contributed by atoms with Gasteiger partial charge in [0.15, 0.2) is 0 Å². The lowest BCUT2D eigenvalue weighted by atomic mass is 10.1. The highest BCUT2D eigenvalue weighted by atomic mass is 32.1. The number of thiazole rings is 1. The molecule has 0 radical (unpaired) electrons.